The molecule has 130 valence electrons. The van der Waals surface area contributed by atoms with Crippen molar-refractivity contribution in [2.24, 2.45) is 0 Å². The van der Waals surface area contributed by atoms with Crippen molar-refractivity contribution < 1.29 is 4.79 Å². The van der Waals surface area contributed by atoms with E-state index in [1.54, 1.807) is 11.2 Å². The van der Waals surface area contributed by atoms with Crippen molar-refractivity contribution in [3.8, 4) is 0 Å². The summed E-state index contributed by atoms with van der Waals surface area (Å²) >= 11 is 1.54. The minimum absolute atomic E-state index is 0.225. The summed E-state index contributed by atoms with van der Waals surface area (Å²) in [5, 5.41) is 0.225. The normalized spacial score (nSPS) is 13.5. The molecule has 0 saturated heterocycles. The molecule has 1 aromatic rings. The summed E-state index contributed by atoms with van der Waals surface area (Å²) in [4.78, 5) is 12.3. The first-order valence-electron chi connectivity index (χ1n) is 8.30. The SMILES string of the molecule is C[Si](C)(C)SC(=O)c1ccc(CN([Si](C)(C)C)[Si](C)(C)C)cc1. The number of carbonyl (C=O) groups excluding carboxylic acids is 1. The predicted molar refractivity (Wildman–Crippen MR) is 114 cm³/mol. The molecule has 0 aromatic heterocycles. The Morgan fingerprint density at radius 1 is 0.870 bits per heavy atom. The highest BCUT2D eigenvalue weighted by Crippen LogP contribution is 2.26. The minimum Gasteiger partial charge on any atom is -0.342 e. The summed E-state index contributed by atoms with van der Waals surface area (Å²) in [5.41, 5.74) is 2.16. The molecule has 0 aliphatic carbocycles. The topological polar surface area (TPSA) is 20.3 Å². The molecule has 1 rings (SSSR count). The highest BCUT2D eigenvalue weighted by molar-refractivity contribution is 8.39. The first-order valence-corrected chi connectivity index (χ1v) is 20.2. The molecule has 0 N–H and O–H groups in total. The van der Waals surface area contributed by atoms with E-state index in [1.807, 2.05) is 12.1 Å². The molecule has 0 amide bonds. The van der Waals surface area contributed by atoms with Crippen LogP contribution in [0, 0.1) is 0 Å². The first-order chi connectivity index (χ1) is 10.2. The van der Waals surface area contributed by atoms with Gasteiger partial charge in [0.1, 0.15) is 23.7 Å². The molecule has 0 atom stereocenters. The zero-order valence-corrected chi connectivity index (χ0v) is 20.1. The van der Waals surface area contributed by atoms with Crippen molar-refractivity contribution in [3.63, 3.8) is 0 Å². The van der Waals surface area contributed by atoms with Gasteiger partial charge in [0.25, 0.3) is 0 Å². The van der Waals surface area contributed by atoms with E-state index in [0.717, 1.165) is 12.1 Å². The van der Waals surface area contributed by atoms with Gasteiger partial charge in [-0.25, -0.2) is 0 Å². The predicted octanol–water partition coefficient (Wildman–Crippen LogP) is 5.87. The number of rotatable bonds is 6. The smallest absolute Gasteiger partial charge is 0.213 e. The summed E-state index contributed by atoms with van der Waals surface area (Å²) in [6.07, 6.45) is 0. The molecule has 0 fully saturated rings. The van der Waals surface area contributed by atoms with Crippen LogP contribution < -0.4 is 0 Å². The average molecular weight is 384 g/mol. The van der Waals surface area contributed by atoms with Gasteiger partial charge in [0.05, 0.1) is 0 Å². The van der Waals surface area contributed by atoms with Gasteiger partial charge in [-0.05, 0) is 5.56 Å². The van der Waals surface area contributed by atoms with E-state index in [2.05, 4.69) is 75.3 Å². The summed E-state index contributed by atoms with van der Waals surface area (Å²) in [6, 6.07) is 8.31. The fourth-order valence-corrected chi connectivity index (χ4v) is 14.9. The summed E-state index contributed by atoms with van der Waals surface area (Å²) in [7, 11) is -4.11. The van der Waals surface area contributed by atoms with Crippen LogP contribution in [0.25, 0.3) is 0 Å². The van der Waals surface area contributed by atoms with E-state index in [1.165, 1.54) is 5.56 Å². The maximum atomic E-state index is 12.3. The molecule has 0 heterocycles. The lowest BCUT2D eigenvalue weighted by atomic mass is 10.1. The van der Waals surface area contributed by atoms with Crippen LogP contribution in [0.3, 0.4) is 0 Å². The first kappa shape index (κ1) is 20.9. The zero-order valence-electron chi connectivity index (χ0n) is 16.3. The van der Waals surface area contributed by atoms with Gasteiger partial charge in [0.15, 0.2) is 0 Å². The number of benzene rings is 1. The molecule has 23 heavy (non-hydrogen) atoms. The summed E-state index contributed by atoms with van der Waals surface area (Å²) in [5.74, 6) is 0. The molecule has 2 nitrogen and oxygen atoms in total. The Kier molecular flexibility index (Phi) is 6.71. The molecule has 0 radical (unpaired) electrons. The third-order valence-corrected chi connectivity index (χ3v) is 14.6. The molecule has 0 aliphatic rings. The van der Waals surface area contributed by atoms with Gasteiger partial charge < -0.3 is 4.23 Å². The highest BCUT2D eigenvalue weighted by atomic mass is 32.4. The van der Waals surface area contributed by atoms with Crippen LogP contribution in [-0.4, -0.2) is 33.0 Å². The third kappa shape index (κ3) is 7.09. The van der Waals surface area contributed by atoms with E-state index in [9.17, 15) is 4.79 Å². The molecule has 6 heteroatoms. The number of hydrogen-bond acceptors (Lipinski definition) is 3. The quantitative estimate of drug-likeness (QED) is 0.573. The second-order valence-corrected chi connectivity index (χ2v) is 28.4. The standard InChI is InChI=1S/C17H33NOSSi3/c1-21(2,3)18(22(4,5)6)14-15-10-12-16(13-11-15)17(19)20-23(7,8)9/h10-13H,14H2,1-9H3. The van der Waals surface area contributed by atoms with Gasteiger partial charge in [-0.15, -0.1) is 11.2 Å². The van der Waals surface area contributed by atoms with Crippen LogP contribution >= 0.6 is 11.2 Å². The molecule has 0 bridgehead atoms. The summed E-state index contributed by atoms with van der Waals surface area (Å²) in [6.45, 7) is 22.2. The monoisotopic (exact) mass is 383 g/mol. The third-order valence-electron chi connectivity index (χ3n) is 3.55. The van der Waals surface area contributed by atoms with Crippen molar-refractivity contribution >= 4 is 40.0 Å². The number of nitrogens with zero attached hydrogens (tertiary/aromatic N) is 1. The maximum Gasteiger partial charge on any atom is 0.213 e. The summed E-state index contributed by atoms with van der Waals surface area (Å²) < 4.78 is 2.77. The van der Waals surface area contributed by atoms with Gasteiger partial charge in [-0.2, -0.15) is 0 Å². The minimum atomic E-state index is -1.42. The second kappa shape index (κ2) is 7.39. The lowest BCUT2D eigenvalue weighted by molar-refractivity contribution is 0.109. The fraction of sp³-hybridized carbons (Fsp3) is 0.588. The van der Waals surface area contributed by atoms with Crippen molar-refractivity contribution in [1.82, 2.24) is 4.23 Å². The Labute approximate surface area is 149 Å². The average Bonchev–Trinajstić information content (AvgIpc) is 2.31. The van der Waals surface area contributed by atoms with Crippen molar-refractivity contribution in [2.75, 3.05) is 0 Å². The Morgan fingerprint density at radius 3 is 1.65 bits per heavy atom. The fourth-order valence-electron chi connectivity index (χ4n) is 2.75. The molecule has 0 unspecified atom stereocenters. The van der Waals surface area contributed by atoms with Crippen molar-refractivity contribution in [1.29, 1.82) is 0 Å². The van der Waals surface area contributed by atoms with Crippen LogP contribution in [0.5, 0.6) is 0 Å². The second-order valence-electron chi connectivity index (χ2n) is 9.13. The van der Waals surface area contributed by atoms with Crippen molar-refractivity contribution in [2.45, 2.75) is 65.5 Å². The number of carbonyl (C=O) groups is 1. The molecule has 0 aliphatic heterocycles. The molecule has 0 spiro atoms. The Morgan fingerprint density at radius 2 is 1.30 bits per heavy atom. The van der Waals surface area contributed by atoms with Crippen LogP contribution in [0.15, 0.2) is 24.3 Å². The molecular formula is C17H33NOSSi3. The van der Waals surface area contributed by atoms with Crippen molar-refractivity contribution in [3.05, 3.63) is 35.4 Å². The Balaban J connectivity index is 2.90. The largest absolute Gasteiger partial charge is 0.342 e. The van der Waals surface area contributed by atoms with Crippen LogP contribution in [0.1, 0.15) is 15.9 Å². The molecule has 1 aromatic carbocycles. The number of hydrogen-bond donors (Lipinski definition) is 0. The van der Waals surface area contributed by atoms with Gasteiger partial charge in [0, 0.05) is 12.1 Å². The molecule has 0 saturated carbocycles. The van der Waals surface area contributed by atoms with E-state index in [-0.39, 0.29) is 5.12 Å². The lowest BCUT2D eigenvalue weighted by Gasteiger charge is -2.43. The zero-order chi connectivity index (χ0) is 18.1. The highest BCUT2D eigenvalue weighted by Gasteiger charge is 2.34. The van der Waals surface area contributed by atoms with Crippen LogP contribution in [-0.2, 0) is 6.54 Å². The van der Waals surface area contributed by atoms with Crippen LogP contribution in [0.2, 0.25) is 58.9 Å². The van der Waals surface area contributed by atoms with E-state index in [0.29, 0.717) is 0 Å². The van der Waals surface area contributed by atoms with Crippen LogP contribution in [0.4, 0.5) is 0 Å². The van der Waals surface area contributed by atoms with Gasteiger partial charge in [-0.3, -0.25) is 4.79 Å². The van der Waals surface area contributed by atoms with Gasteiger partial charge in [-0.1, -0.05) is 83.2 Å². The van der Waals surface area contributed by atoms with E-state index < -0.39 is 23.7 Å². The van der Waals surface area contributed by atoms with E-state index in [4.69, 9.17) is 0 Å². The van der Waals surface area contributed by atoms with Gasteiger partial charge >= 0.3 is 0 Å². The maximum absolute atomic E-state index is 12.3. The Hall–Kier alpha value is -0.149. The lowest BCUT2D eigenvalue weighted by Crippen LogP contribution is -2.58. The van der Waals surface area contributed by atoms with E-state index >= 15 is 0 Å². The Bertz CT molecular complexity index is 525. The van der Waals surface area contributed by atoms with Gasteiger partial charge in [0.2, 0.25) is 5.12 Å². The molecular weight excluding hydrogens is 351 g/mol.